The minimum absolute atomic E-state index is 0.0248. The number of rotatable bonds is 4. The lowest BCUT2D eigenvalue weighted by atomic mass is 10.1. The summed E-state index contributed by atoms with van der Waals surface area (Å²) < 4.78 is 9.77. The van der Waals surface area contributed by atoms with Crippen molar-refractivity contribution in [2.75, 3.05) is 5.88 Å². The van der Waals surface area contributed by atoms with Crippen LogP contribution in [0.4, 0.5) is 0 Å². The Bertz CT molecular complexity index is 424. The highest BCUT2D eigenvalue weighted by atomic mass is 35.5. The highest BCUT2D eigenvalue weighted by Crippen LogP contribution is 2.27. The molecule has 1 aromatic rings. The van der Waals surface area contributed by atoms with Gasteiger partial charge in [0.15, 0.2) is 0 Å². The summed E-state index contributed by atoms with van der Waals surface area (Å²) in [6, 6.07) is 4.30. The molecule has 0 amide bonds. The zero-order valence-corrected chi connectivity index (χ0v) is 10.7. The molecule has 98 valence electrons. The molecule has 0 saturated carbocycles. The fraction of sp³-hybridized carbons (Fsp3) is 0.333. The Kier molecular flexibility index (Phi) is 5.12. The number of hydrogen-bond donors (Lipinski definition) is 1. The first-order valence-electron chi connectivity index (χ1n) is 5.18. The molecule has 0 heterocycles. The third-order valence-electron chi connectivity index (χ3n) is 1.96. The maximum atomic E-state index is 10.9. The predicted octanol–water partition coefficient (Wildman–Crippen LogP) is 1.81. The van der Waals surface area contributed by atoms with Crippen LogP contribution < -0.4 is 9.47 Å². The maximum Gasteiger partial charge on any atom is 0.308 e. The van der Waals surface area contributed by atoms with Crippen molar-refractivity contribution in [1.29, 1.82) is 0 Å². The largest absolute Gasteiger partial charge is 0.427 e. The minimum Gasteiger partial charge on any atom is -0.427 e. The van der Waals surface area contributed by atoms with Crippen LogP contribution in [0.5, 0.6) is 11.5 Å². The van der Waals surface area contributed by atoms with Crippen LogP contribution in [0.15, 0.2) is 18.2 Å². The standard InChI is InChI=1S/C12H13ClO5/c1-7(14)17-10-3-9(12(16)6-13)4-11(5-10)18-8(2)15/h3-5,12,16H,6H2,1-2H3/t12-/m0/s1. The molecule has 1 aromatic carbocycles. The van der Waals surface area contributed by atoms with E-state index in [9.17, 15) is 14.7 Å². The molecular weight excluding hydrogens is 260 g/mol. The second-order valence-electron chi connectivity index (χ2n) is 3.60. The Hall–Kier alpha value is -1.59. The first-order chi connectivity index (χ1) is 8.42. The molecule has 1 N–H and O–H groups in total. The van der Waals surface area contributed by atoms with E-state index in [-0.39, 0.29) is 17.4 Å². The van der Waals surface area contributed by atoms with Crippen molar-refractivity contribution in [2.24, 2.45) is 0 Å². The molecule has 6 heteroatoms. The Morgan fingerprint density at radius 1 is 1.17 bits per heavy atom. The lowest BCUT2D eigenvalue weighted by Gasteiger charge is -2.12. The molecule has 0 unspecified atom stereocenters. The molecule has 0 aliphatic heterocycles. The third kappa shape index (κ3) is 4.35. The predicted molar refractivity (Wildman–Crippen MR) is 64.7 cm³/mol. The summed E-state index contributed by atoms with van der Waals surface area (Å²) in [7, 11) is 0. The van der Waals surface area contributed by atoms with Crippen LogP contribution in [0.3, 0.4) is 0 Å². The summed E-state index contributed by atoms with van der Waals surface area (Å²) in [5, 5.41) is 9.63. The quantitative estimate of drug-likeness (QED) is 0.514. The number of halogens is 1. The van der Waals surface area contributed by atoms with E-state index in [1.165, 1.54) is 32.0 Å². The Balaban J connectivity index is 3.10. The van der Waals surface area contributed by atoms with Crippen molar-refractivity contribution in [1.82, 2.24) is 0 Å². The van der Waals surface area contributed by atoms with Crippen LogP contribution in [0.1, 0.15) is 25.5 Å². The SMILES string of the molecule is CC(=O)Oc1cc(OC(C)=O)cc([C@@H](O)CCl)c1. The highest BCUT2D eigenvalue weighted by Gasteiger charge is 2.12. The van der Waals surface area contributed by atoms with Gasteiger partial charge >= 0.3 is 11.9 Å². The van der Waals surface area contributed by atoms with Crippen LogP contribution in [0.2, 0.25) is 0 Å². The topological polar surface area (TPSA) is 72.8 Å². The number of aliphatic hydroxyl groups is 1. The minimum atomic E-state index is -0.934. The zero-order valence-electron chi connectivity index (χ0n) is 9.97. The van der Waals surface area contributed by atoms with Crippen LogP contribution in [-0.2, 0) is 9.59 Å². The number of benzene rings is 1. The third-order valence-corrected chi connectivity index (χ3v) is 2.25. The molecule has 0 aliphatic rings. The molecule has 0 aliphatic carbocycles. The molecule has 0 radical (unpaired) electrons. The van der Waals surface area contributed by atoms with Gasteiger partial charge < -0.3 is 14.6 Å². The molecule has 0 spiro atoms. The van der Waals surface area contributed by atoms with Crippen molar-refractivity contribution in [2.45, 2.75) is 20.0 Å². The van der Waals surface area contributed by atoms with Crippen molar-refractivity contribution in [3.05, 3.63) is 23.8 Å². The highest BCUT2D eigenvalue weighted by molar-refractivity contribution is 6.18. The molecule has 0 bridgehead atoms. The van der Waals surface area contributed by atoms with Crippen molar-refractivity contribution in [3.63, 3.8) is 0 Å². The molecule has 1 rings (SSSR count). The summed E-state index contributed by atoms with van der Waals surface area (Å²) >= 11 is 5.54. The summed E-state index contributed by atoms with van der Waals surface area (Å²) in [4.78, 5) is 21.8. The number of alkyl halides is 1. The van der Waals surface area contributed by atoms with Crippen molar-refractivity contribution in [3.8, 4) is 11.5 Å². The second-order valence-corrected chi connectivity index (χ2v) is 3.90. The van der Waals surface area contributed by atoms with Gasteiger partial charge in [0.1, 0.15) is 11.5 Å². The number of ether oxygens (including phenoxy) is 2. The summed E-state index contributed by atoms with van der Waals surface area (Å²) in [6.45, 7) is 2.49. The molecule has 1 atom stereocenters. The molecule has 0 saturated heterocycles. The van der Waals surface area contributed by atoms with Gasteiger partial charge in [-0.05, 0) is 17.7 Å². The lowest BCUT2D eigenvalue weighted by molar-refractivity contribution is -0.132. The van der Waals surface area contributed by atoms with Crippen molar-refractivity contribution < 1.29 is 24.2 Å². The van der Waals surface area contributed by atoms with E-state index < -0.39 is 18.0 Å². The fourth-order valence-electron chi connectivity index (χ4n) is 1.32. The van der Waals surface area contributed by atoms with Gasteiger partial charge in [0.2, 0.25) is 0 Å². The Morgan fingerprint density at radius 2 is 1.61 bits per heavy atom. The van der Waals surface area contributed by atoms with Gasteiger partial charge in [-0.2, -0.15) is 0 Å². The van der Waals surface area contributed by atoms with E-state index >= 15 is 0 Å². The Labute approximate surface area is 109 Å². The summed E-state index contributed by atoms with van der Waals surface area (Å²) in [5.41, 5.74) is 0.403. The van der Waals surface area contributed by atoms with E-state index in [1.807, 2.05) is 0 Å². The number of carbonyl (C=O) groups excluding carboxylic acids is 2. The zero-order chi connectivity index (χ0) is 13.7. The van der Waals surface area contributed by atoms with Gasteiger partial charge in [-0.1, -0.05) is 0 Å². The smallest absolute Gasteiger partial charge is 0.308 e. The Morgan fingerprint density at radius 3 is 1.94 bits per heavy atom. The monoisotopic (exact) mass is 272 g/mol. The first kappa shape index (κ1) is 14.5. The number of carbonyl (C=O) groups is 2. The van der Waals surface area contributed by atoms with Crippen LogP contribution >= 0.6 is 11.6 Å². The van der Waals surface area contributed by atoms with E-state index in [4.69, 9.17) is 21.1 Å². The lowest BCUT2D eigenvalue weighted by Crippen LogP contribution is -2.07. The van der Waals surface area contributed by atoms with E-state index in [0.29, 0.717) is 5.56 Å². The van der Waals surface area contributed by atoms with Gasteiger partial charge in [0, 0.05) is 19.9 Å². The number of hydrogen-bond acceptors (Lipinski definition) is 5. The van der Waals surface area contributed by atoms with Gasteiger partial charge in [-0.3, -0.25) is 9.59 Å². The molecule has 5 nitrogen and oxygen atoms in total. The summed E-state index contributed by atoms with van der Waals surface area (Å²) in [5.74, 6) is -0.688. The second kappa shape index (κ2) is 6.37. The van der Waals surface area contributed by atoms with Gasteiger partial charge in [-0.15, -0.1) is 11.6 Å². The average molecular weight is 273 g/mol. The first-order valence-corrected chi connectivity index (χ1v) is 5.71. The maximum absolute atomic E-state index is 10.9. The van der Waals surface area contributed by atoms with Gasteiger partial charge in [0.25, 0.3) is 0 Å². The number of aliphatic hydroxyl groups excluding tert-OH is 1. The molecular formula is C12H13ClO5. The van der Waals surface area contributed by atoms with E-state index in [0.717, 1.165) is 0 Å². The van der Waals surface area contributed by atoms with Gasteiger partial charge in [0.05, 0.1) is 12.0 Å². The van der Waals surface area contributed by atoms with E-state index in [2.05, 4.69) is 0 Å². The van der Waals surface area contributed by atoms with Gasteiger partial charge in [-0.25, -0.2) is 0 Å². The normalized spacial score (nSPS) is 11.8. The average Bonchev–Trinajstić information content (AvgIpc) is 2.25. The van der Waals surface area contributed by atoms with E-state index in [1.54, 1.807) is 0 Å². The van der Waals surface area contributed by atoms with Crippen LogP contribution in [0, 0.1) is 0 Å². The summed E-state index contributed by atoms with van der Waals surface area (Å²) in [6.07, 6.45) is -0.934. The fourth-order valence-corrected chi connectivity index (χ4v) is 1.50. The molecule has 0 aromatic heterocycles. The van der Waals surface area contributed by atoms with Crippen molar-refractivity contribution >= 4 is 23.5 Å². The number of esters is 2. The molecule has 18 heavy (non-hydrogen) atoms. The van der Waals surface area contributed by atoms with Crippen LogP contribution in [-0.4, -0.2) is 22.9 Å². The molecule has 0 fully saturated rings. The van der Waals surface area contributed by atoms with Crippen LogP contribution in [0.25, 0.3) is 0 Å².